The molecule has 0 aliphatic carbocycles. The Hall–Kier alpha value is -1.33. The third kappa shape index (κ3) is 3.22. The van der Waals surface area contributed by atoms with E-state index >= 15 is 0 Å². The van der Waals surface area contributed by atoms with E-state index < -0.39 is 0 Å². The van der Waals surface area contributed by atoms with E-state index in [1.807, 2.05) is 27.8 Å². The SMILES string of the molecule is CCC1CN(C(=O)c2cccn2CCOC)CCC1N. The molecule has 1 aliphatic rings. The van der Waals surface area contributed by atoms with Crippen molar-refractivity contribution in [1.29, 1.82) is 0 Å². The lowest BCUT2D eigenvalue weighted by Gasteiger charge is -2.36. The van der Waals surface area contributed by atoms with Crippen molar-refractivity contribution < 1.29 is 9.53 Å². The van der Waals surface area contributed by atoms with Crippen molar-refractivity contribution in [2.75, 3.05) is 26.8 Å². The largest absolute Gasteiger partial charge is 0.383 e. The van der Waals surface area contributed by atoms with Gasteiger partial charge < -0.3 is 19.9 Å². The van der Waals surface area contributed by atoms with E-state index in [9.17, 15) is 4.79 Å². The van der Waals surface area contributed by atoms with Crippen LogP contribution in [0.2, 0.25) is 0 Å². The molecule has 1 fully saturated rings. The number of aromatic nitrogens is 1. The number of piperidine rings is 1. The van der Waals surface area contributed by atoms with Gasteiger partial charge in [-0.3, -0.25) is 4.79 Å². The molecule has 1 amide bonds. The van der Waals surface area contributed by atoms with Gasteiger partial charge in [-0.2, -0.15) is 0 Å². The Bertz CT molecular complexity index is 444. The van der Waals surface area contributed by atoms with Crippen molar-refractivity contribution in [3.8, 4) is 0 Å². The molecule has 0 aromatic carbocycles. The quantitative estimate of drug-likeness (QED) is 0.884. The number of nitrogens with zero attached hydrogens (tertiary/aromatic N) is 2. The van der Waals surface area contributed by atoms with E-state index in [0.717, 1.165) is 31.6 Å². The van der Waals surface area contributed by atoms with Crippen molar-refractivity contribution >= 4 is 5.91 Å². The first-order chi connectivity index (χ1) is 9.67. The van der Waals surface area contributed by atoms with Crippen molar-refractivity contribution in [3.63, 3.8) is 0 Å². The first-order valence-electron chi connectivity index (χ1n) is 7.36. The van der Waals surface area contributed by atoms with Crippen LogP contribution < -0.4 is 5.73 Å². The highest BCUT2D eigenvalue weighted by atomic mass is 16.5. The predicted octanol–water partition coefficient (Wildman–Crippen LogP) is 1.33. The lowest BCUT2D eigenvalue weighted by Crippen LogP contribution is -2.49. The summed E-state index contributed by atoms with van der Waals surface area (Å²) >= 11 is 0. The summed E-state index contributed by atoms with van der Waals surface area (Å²) in [5.74, 6) is 0.520. The zero-order valence-electron chi connectivity index (χ0n) is 12.4. The zero-order chi connectivity index (χ0) is 14.5. The third-order valence-electron chi connectivity index (χ3n) is 4.19. The number of amides is 1. The van der Waals surface area contributed by atoms with Gasteiger partial charge in [-0.05, 0) is 24.5 Å². The molecule has 0 radical (unpaired) electrons. The smallest absolute Gasteiger partial charge is 0.270 e. The Morgan fingerprint density at radius 2 is 2.35 bits per heavy atom. The Kier molecular flexibility index (Phi) is 5.20. The van der Waals surface area contributed by atoms with Gasteiger partial charge in [0, 0.05) is 39.0 Å². The Labute approximate surface area is 120 Å². The summed E-state index contributed by atoms with van der Waals surface area (Å²) in [4.78, 5) is 14.6. The zero-order valence-corrected chi connectivity index (χ0v) is 12.4. The molecule has 1 aromatic heterocycles. The van der Waals surface area contributed by atoms with Crippen LogP contribution in [0.15, 0.2) is 18.3 Å². The molecule has 2 rings (SSSR count). The number of carbonyl (C=O) groups is 1. The molecular weight excluding hydrogens is 254 g/mol. The topological polar surface area (TPSA) is 60.5 Å². The minimum Gasteiger partial charge on any atom is -0.383 e. The van der Waals surface area contributed by atoms with Gasteiger partial charge in [0.25, 0.3) is 5.91 Å². The van der Waals surface area contributed by atoms with E-state index in [1.165, 1.54) is 0 Å². The van der Waals surface area contributed by atoms with Gasteiger partial charge in [-0.15, -0.1) is 0 Å². The van der Waals surface area contributed by atoms with E-state index in [1.54, 1.807) is 7.11 Å². The molecule has 2 heterocycles. The fourth-order valence-electron chi connectivity index (χ4n) is 2.82. The van der Waals surface area contributed by atoms with Crippen molar-refractivity contribution in [1.82, 2.24) is 9.47 Å². The second-order valence-electron chi connectivity index (χ2n) is 5.45. The molecule has 1 saturated heterocycles. The first kappa shape index (κ1) is 15.1. The first-order valence-corrected chi connectivity index (χ1v) is 7.36. The average molecular weight is 279 g/mol. The fourth-order valence-corrected chi connectivity index (χ4v) is 2.82. The lowest BCUT2D eigenvalue weighted by molar-refractivity contribution is 0.0636. The van der Waals surface area contributed by atoms with Gasteiger partial charge in [0.1, 0.15) is 5.69 Å². The van der Waals surface area contributed by atoms with Crippen LogP contribution in [0.3, 0.4) is 0 Å². The van der Waals surface area contributed by atoms with Crippen LogP contribution >= 0.6 is 0 Å². The van der Waals surface area contributed by atoms with Crippen LogP contribution in [-0.4, -0.2) is 48.2 Å². The molecule has 0 bridgehead atoms. The standard InChI is InChI=1S/C15H25N3O2/c1-3-12-11-18(8-6-13(12)16)15(19)14-5-4-7-17(14)9-10-20-2/h4-5,7,12-13H,3,6,8-11,16H2,1-2H3. The fraction of sp³-hybridized carbons (Fsp3) is 0.667. The number of hydrogen-bond donors (Lipinski definition) is 1. The Morgan fingerprint density at radius 3 is 3.05 bits per heavy atom. The van der Waals surface area contributed by atoms with Gasteiger partial charge in [0.2, 0.25) is 0 Å². The van der Waals surface area contributed by atoms with Gasteiger partial charge in [0.15, 0.2) is 0 Å². The second-order valence-corrected chi connectivity index (χ2v) is 5.45. The van der Waals surface area contributed by atoms with E-state index in [2.05, 4.69) is 6.92 Å². The van der Waals surface area contributed by atoms with E-state index in [0.29, 0.717) is 19.1 Å². The minimum atomic E-state index is 0.108. The third-order valence-corrected chi connectivity index (χ3v) is 4.19. The normalized spacial score (nSPS) is 23.1. The molecule has 2 atom stereocenters. The Morgan fingerprint density at radius 1 is 1.55 bits per heavy atom. The van der Waals surface area contributed by atoms with Gasteiger partial charge in [-0.1, -0.05) is 13.3 Å². The number of hydrogen-bond acceptors (Lipinski definition) is 3. The maximum atomic E-state index is 12.6. The monoisotopic (exact) mass is 279 g/mol. The van der Waals surface area contributed by atoms with E-state index in [4.69, 9.17) is 10.5 Å². The number of likely N-dealkylation sites (tertiary alicyclic amines) is 1. The summed E-state index contributed by atoms with van der Waals surface area (Å²) in [6.45, 7) is 4.98. The average Bonchev–Trinajstić information content (AvgIpc) is 2.93. The molecule has 1 aromatic rings. The minimum absolute atomic E-state index is 0.108. The van der Waals surface area contributed by atoms with Crippen LogP contribution in [0, 0.1) is 5.92 Å². The highest BCUT2D eigenvalue weighted by Gasteiger charge is 2.29. The van der Waals surface area contributed by atoms with Crippen molar-refractivity contribution in [3.05, 3.63) is 24.0 Å². The van der Waals surface area contributed by atoms with E-state index in [-0.39, 0.29) is 11.9 Å². The van der Waals surface area contributed by atoms with Crippen LogP contribution in [0.25, 0.3) is 0 Å². The molecule has 5 heteroatoms. The predicted molar refractivity (Wildman–Crippen MR) is 78.6 cm³/mol. The van der Waals surface area contributed by atoms with Crippen LogP contribution in [0.4, 0.5) is 0 Å². The van der Waals surface area contributed by atoms with Crippen molar-refractivity contribution in [2.45, 2.75) is 32.4 Å². The Balaban J connectivity index is 2.05. The highest BCUT2D eigenvalue weighted by Crippen LogP contribution is 2.20. The van der Waals surface area contributed by atoms with Crippen LogP contribution in [-0.2, 0) is 11.3 Å². The molecule has 0 saturated carbocycles. The molecule has 2 N–H and O–H groups in total. The summed E-state index contributed by atoms with van der Waals surface area (Å²) < 4.78 is 7.04. The summed E-state index contributed by atoms with van der Waals surface area (Å²) in [7, 11) is 1.67. The molecule has 2 unspecified atom stereocenters. The molecule has 112 valence electrons. The maximum absolute atomic E-state index is 12.6. The van der Waals surface area contributed by atoms with Gasteiger partial charge in [0.05, 0.1) is 6.61 Å². The molecule has 1 aliphatic heterocycles. The summed E-state index contributed by atoms with van der Waals surface area (Å²) in [5.41, 5.74) is 6.85. The highest BCUT2D eigenvalue weighted by molar-refractivity contribution is 5.92. The maximum Gasteiger partial charge on any atom is 0.270 e. The molecule has 20 heavy (non-hydrogen) atoms. The summed E-state index contributed by atoms with van der Waals surface area (Å²) in [6.07, 6.45) is 3.85. The molecule has 0 spiro atoms. The summed E-state index contributed by atoms with van der Waals surface area (Å²) in [5, 5.41) is 0. The summed E-state index contributed by atoms with van der Waals surface area (Å²) in [6, 6.07) is 4.02. The number of carbonyl (C=O) groups excluding carboxylic acids is 1. The number of methoxy groups -OCH3 is 1. The van der Waals surface area contributed by atoms with Gasteiger partial charge >= 0.3 is 0 Å². The second kappa shape index (κ2) is 6.90. The van der Waals surface area contributed by atoms with Gasteiger partial charge in [-0.25, -0.2) is 0 Å². The molecule has 5 nitrogen and oxygen atoms in total. The number of ether oxygens (including phenoxy) is 1. The molecular formula is C15H25N3O2. The van der Waals surface area contributed by atoms with Crippen LogP contribution in [0.1, 0.15) is 30.3 Å². The van der Waals surface area contributed by atoms with Crippen molar-refractivity contribution in [2.24, 2.45) is 11.7 Å². The number of rotatable bonds is 5. The lowest BCUT2D eigenvalue weighted by atomic mass is 9.90. The van der Waals surface area contributed by atoms with Crippen LogP contribution in [0.5, 0.6) is 0 Å². The number of nitrogens with two attached hydrogens (primary N) is 1.